The number of carbonyl (C=O) groups is 2. The van der Waals surface area contributed by atoms with Crippen molar-refractivity contribution in [3.8, 4) is 0 Å². The summed E-state index contributed by atoms with van der Waals surface area (Å²) in [6.07, 6.45) is 0.725. The lowest BCUT2D eigenvalue weighted by atomic mass is 9.87. The lowest BCUT2D eigenvalue weighted by molar-refractivity contribution is -0.141. The molecule has 2 aromatic carbocycles. The molecule has 1 aromatic heterocycles. The molecule has 0 spiro atoms. The van der Waals surface area contributed by atoms with E-state index in [9.17, 15) is 9.59 Å². The Kier molecular flexibility index (Phi) is 10.1. The van der Waals surface area contributed by atoms with Gasteiger partial charge < -0.3 is 19.9 Å². The monoisotopic (exact) mass is 542 g/mol. The first-order chi connectivity index (χ1) is 19.3. The maximum absolute atomic E-state index is 14.1. The van der Waals surface area contributed by atoms with Crippen molar-refractivity contribution in [3.05, 3.63) is 90.1 Å². The average molecular weight is 543 g/mol. The normalized spacial score (nSPS) is 18.5. The number of Topliss-reactive ketones (excluding diaryl/α,β-unsaturated/α-hetero) is 1. The summed E-state index contributed by atoms with van der Waals surface area (Å²) in [5, 5.41) is 3.01. The zero-order chi connectivity index (χ0) is 28.6. The van der Waals surface area contributed by atoms with Crippen LogP contribution in [0.25, 0.3) is 0 Å². The van der Waals surface area contributed by atoms with Crippen molar-refractivity contribution >= 4 is 23.2 Å². The van der Waals surface area contributed by atoms with Gasteiger partial charge in [-0.1, -0.05) is 68.4 Å². The van der Waals surface area contributed by atoms with Gasteiger partial charge >= 0.3 is 0 Å². The summed E-state index contributed by atoms with van der Waals surface area (Å²) in [4.78, 5) is 36.0. The fraction of sp³-hybridized carbons (Fsp3) is 0.424. The number of amides is 1. The third-order valence-electron chi connectivity index (χ3n) is 7.92. The molecular formula is C33H42N4O3. The first kappa shape index (κ1) is 29.4. The molecule has 1 N–H and O–H groups in total. The number of rotatable bonds is 12. The van der Waals surface area contributed by atoms with E-state index in [0.717, 1.165) is 22.8 Å². The lowest BCUT2D eigenvalue weighted by Gasteiger charge is -2.31. The Hall–Kier alpha value is -3.55. The molecule has 40 heavy (non-hydrogen) atoms. The van der Waals surface area contributed by atoms with Crippen LogP contribution >= 0.6 is 0 Å². The van der Waals surface area contributed by atoms with Crippen molar-refractivity contribution < 1.29 is 14.3 Å². The predicted octanol–water partition coefficient (Wildman–Crippen LogP) is 5.55. The maximum Gasteiger partial charge on any atom is 0.227 e. The van der Waals surface area contributed by atoms with Crippen LogP contribution in [0.15, 0.2) is 78.9 Å². The number of ketones is 1. The third kappa shape index (κ3) is 7.14. The summed E-state index contributed by atoms with van der Waals surface area (Å²) < 4.78 is 6.34. The van der Waals surface area contributed by atoms with E-state index in [2.05, 4.69) is 5.32 Å². The molecule has 7 nitrogen and oxygen atoms in total. The van der Waals surface area contributed by atoms with E-state index in [1.54, 1.807) is 7.05 Å². The molecule has 1 aliphatic rings. The smallest absolute Gasteiger partial charge is 0.227 e. The lowest BCUT2D eigenvalue weighted by Crippen LogP contribution is -2.42. The molecule has 0 bridgehead atoms. The van der Waals surface area contributed by atoms with E-state index in [1.165, 1.54) is 0 Å². The van der Waals surface area contributed by atoms with Crippen molar-refractivity contribution in [3.63, 3.8) is 0 Å². The Balaban J connectivity index is 1.61. The van der Waals surface area contributed by atoms with Crippen molar-refractivity contribution in [2.75, 3.05) is 25.5 Å². The van der Waals surface area contributed by atoms with Crippen LogP contribution in [0.4, 0.5) is 11.5 Å². The first-order valence-corrected chi connectivity index (χ1v) is 14.2. The van der Waals surface area contributed by atoms with E-state index in [1.807, 2.05) is 116 Å². The van der Waals surface area contributed by atoms with Crippen LogP contribution in [0, 0.1) is 11.8 Å². The molecule has 1 saturated heterocycles. The van der Waals surface area contributed by atoms with Gasteiger partial charge in [-0.15, -0.1) is 0 Å². The minimum absolute atomic E-state index is 0.00826. The van der Waals surface area contributed by atoms with Crippen LogP contribution in [-0.4, -0.2) is 54.4 Å². The fourth-order valence-corrected chi connectivity index (χ4v) is 5.20. The van der Waals surface area contributed by atoms with Gasteiger partial charge in [-0.05, 0) is 49.7 Å². The van der Waals surface area contributed by atoms with Gasteiger partial charge in [0, 0.05) is 38.0 Å². The number of hydrogen-bond donors (Lipinski definition) is 1. The summed E-state index contributed by atoms with van der Waals surface area (Å²) >= 11 is 0. The Labute approximate surface area is 238 Å². The van der Waals surface area contributed by atoms with Crippen LogP contribution in [0.5, 0.6) is 0 Å². The number of para-hydroxylation sites is 1. The van der Waals surface area contributed by atoms with Crippen LogP contribution in [0.1, 0.15) is 50.9 Å². The van der Waals surface area contributed by atoms with Gasteiger partial charge in [0.2, 0.25) is 5.91 Å². The maximum atomic E-state index is 14.1. The number of likely N-dealkylation sites (N-methyl/N-ethyl adjacent to an activating group) is 1. The fourth-order valence-electron chi connectivity index (χ4n) is 5.20. The number of nitrogens with one attached hydrogen (secondary N) is 1. The summed E-state index contributed by atoms with van der Waals surface area (Å²) in [5.74, 6) is 0.462. The van der Waals surface area contributed by atoms with Crippen molar-refractivity contribution in [2.45, 2.75) is 58.4 Å². The standard InChI is InChI=1S/C33H42N4O3/c1-23(2)28(20-31(38)24(3)34-4)33(39)37-21-27(40-22-25-13-8-6-9-14-25)19-30(37)29-17-12-18-32(35-29)36(5)26-15-10-7-11-16-26/h6-18,23-24,27-28,30,34H,19-22H2,1-5H3/t24-,27+,28-,30-/m0/s1. The topological polar surface area (TPSA) is 74.8 Å². The summed E-state index contributed by atoms with van der Waals surface area (Å²) in [6.45, 7) is 6.82. The Morgan fingerprint density at radius 3 is 2.33 bits per heavy atom. The number of hydrogen-bond acceptors (Lipinski definition) is 6. The van der Waals surface area contributed by atoms with Crippen LogP contribution in [0.2, 0.25) is 0 Å². The highest BCUT2D eigenvalue weighted by Crippen LogP contribution is 2.37. The van der Waals surface area contributed by atoms with Crippen LogP contribution in [-0.2, 0) is 20.9 Å². The second-order valence-electron chi connectivity index (χ2n) is 11.0. The summed E-state index contributed by atoms with van der Waals surface area (Å²) in [6, 6.07) is 25.6. The number of benzene rings is 2. The minimum atomic E-state index is -0.408. The quantitative estimate of drug-likeness (QED) is 0.324. The molecule has 0 aliphatic carbocycles. The molecule has 4 atom stereocenters. The summed E-state index contributed by atoms with van der Waals surface area (Å²) in [7, 11) is 3.76. The average Bonchev–Trinajstić information content (AvgIpc) is 3.43. The van der Waals surface area contributed by atoms with Crippen molar-refractivity contribution in [2.24, 2.45) is 11.8 Å². The third-order valence-corrected chi connectivity index (χ3v) is 7.92. The molecule has 1 aliphatic heterocycles. The van der Waals surface area contributed by atoms with Gasteiger partial charge in [0.25, 0.3) is 0 Å². The SMILES string of the molecule is CN[C@@H](C)C(=O)C[C@H](C(=O)N1C[C@H](OCc2ccccc2)C[C@H]1c1cccc(N(C)c2ccccc2)n1)C(C)C. The molecule has 0 saturated carbocycles. The Morgan fingerprint density at radius 1 is 1.00 bits per heavy atom. The van der Waals surface area contributed by atoms with Crippen LogP contribution in [0.3, 0.4) is 0 Å². The minimum Gasteiger partial charge on any atom is -0.372 e. The largest absolute Gasteiger partial charge is 0.372 e. The highest BCUT2D eigenvalue weighted by atomic mass is 16.5. The van der Waals surface area contributed by atoms with Gasteiger partial charge in [-0.25, -0.2) is 4.98 Å². The zero-order valence-corrected chi connectivity index (χ0v) is 24.3. The number of aromatic nitrogens is 1. The summed E-state index contributed by atoms with van der Waals surface area (Å²) in [5.41, 5.74) is 2.96. The Bertz CT molecular complexity index is 1250. The van der Waals surface area contributed by atoms with Crippen molar-refractivity contribution in [1.82, 2.24) is 15.2 Å². The molecule has 4 rings (SSSR count). The predicted molar refractivity (Wildman–Crippen MR) is 159 cm³/mol. The number of pyridine rings is 1. The van der Waals surface area contributed by atoms with E-state index in [4.69, 9.17) is 9.72 Å². The highest BCUT2D eigenvalue weighted by Gasteiger charge is 2.41. The molecule has 0 radical (unpaired) electrons. The number of ether oxygens (including phenoxy) is 1. The van der Waals surface area contributed by atoms with Gasteiger partial charge in [-0.3, -0.25) is 9.59 Å². The van der Waals surface area contributed by atoms with Gasteiger partial charge in [0.15, 0.2) is 0 Å². The molecule has 1 amide bonds. The van der Waals surface area contributed by atoms with E-state index >= 15 is 0 Å². The second kappa shape index (κ2) is 13.7. The van der Waals surface area contributed by atoms with E-state index < -0.39 is 5.92 Å². The number of likely N-dealkylation sites (tertiary alicyclic amines) is 1. The molecule has 2 heterocycles. The number of nitrogens with zero attached hydrogens (tertiary/aromatic N) is 3. The molecule has 3 aromatic rings. The molecule has 7 heteroatoms. The second-order valence-corrected chi connectivity index (χ2v) is 11.0. The molecule has 0 unspecified atom stereocenters. The first-order valence-electron chi connectivity index (χ1n) is 14.2. The van der Waals surface area contributed by atoms with Gasteiger partial charge in [-0.2, -0.15) is 0 Å². The zero-order valence-electron chi connectivity index (χ0n) is 24.3. The molecular weight excluding hydrogens is 500 g/mol. The Morgan fingerprint density at radius 2 is 1.68 bits per heavy atom. The van der Waals surface area contributed by atoms with E-state index in [0.29, 0.717) is 19.6 Å². The van der Waals surface area contributed by atoms with E-state index in [-0.39, 0.29) is 42.2 Å². The molecule has 212 valence electrons. The van der Waals surface area contributed by atoms with Crippen LogP contribution < -0.4 is 10.2 Å². The number of carbonyl (C=O) groups excluding carboxylic acids is 2. The number of anilines is 2. The van der Waals surface area contributed by atoms with Crippen molar-refractivity contribution in [1.29, 1.82) is 0 Å². The highest BCUT2D eigenvalue weighted by molar-refractivity contribution is 5.90. The molecule has 1 fully saturated rings. The van der Waals surface area contributed by atoms with Gasteiger partial charge in [0.05, 0.1) is 30.5 Å². The van der Waals surface area contributed by atoms with Gasteiger partial charge in [0.1, 0.15) is 11.6 Å².